The zero-order chi connectivity index (χ0) is 16.6. The fourth-order valence-corrected chi connectivity index (χ4v) is 2.28. The van der Waals surface area contributed by atoms with Gasteiger partial charge in [-0.05, 0) is 29.5 Å². The maximum Gasteiger partial charge on any atom is 0.207 e. The van der Waals surface area contributed by atoms with E-state index in [1.165, 1.54) is 0 Å². The molecule has 0 saturated carbocycles. The van der Waals surface area contributed by atoms with Crippen LogP contribution in [0.3, 0.4) is 0 Å². The van der Waals surface area contributed by atoms with Crippen LogP contribution in [-0.2, 0) is 16.0 Å². The number of carbonyl (C=O) groups is 1. The predicted octanol–water partition coefficient (Wildman–Crippen LogP) is 3.46. The van der Waals surface area contributed by atoms with Gasteiger partial charge in [0.1, 0.15) is 5.75 Å². The lowest BCUT2D eigenvalue weighted by Crippen LogP contribution is -2.41. The highest BCUT2D eigenvalue weighted by Gasteiger charge is 2.24. The van der Waals surface area contributed by atoms with E-state index in [4.69, 9.17) is 21.1 Å². The summed E-state index contributed by atoms with van der Waals surface area (Å²) >= 11 is 6.17. The van der Waals surface area contributed by atoms with Crippen LogP contribution in [0.4, 0.5) is 0 Å². The third kappa shape index (κ3) is 6.24. The van der Waals surface area contributed by atoms with Crippen molar-refractivity contribution in [1.29, 1.82) is 0 Å². The van der Waals surface area contributed by atoms with E-state index in [-0.39, 0.29) is 11.5 Å². The lowest BCUT2D eigenvalue weighted by Gasteiger charge is -2.30. The molecule has 0 spiro atoms. The summed E-state index contributed by atoms with van der Waals surface area (Å²) in [4.78, 5) is 10.8. The maximum atomic E-state index is 10.8. The van der Waals surface area contributed by atoms with Crippen molar-refractivity contribution in [3.63, 3.8) is 0 Å². The number of rotatable bonds is 9. The first-order chi connectivity index (χ1) is 10.4. The van der Waals surface area contributed by atoms with Crippen LogP contribution in [-0.4, -0.2) is 32.8 Å². The van der Waals surface area contributed by atoms with Crippen LogP contribution in [0.15, 0.2) is 18.2 Å². The average Bonchev–Trinajstić information content (AvgIpc) is 2.45. The lowest BCUT2D eigenvalue weighted by atomic mass is 9.83. The molecule has 1 atom stereocenters. The zero-order valence-electron chi connectivity index (χ0n) is 13.8. The Labute approximate surface area is 138 Å². The number of methoxy groups -OCH3 is 1. The molecule has 22 heavy (non-hydrogen) atoms. The van der Waals surface area contributed by atoms with Crippen LogP contribution >= 0.6 is 11.6 Å². The van der Waals surface area contributed by atoms with E-state index >= 15 is 0 Å². The van der Waals surface area contributed by atoms with Crippen molar-refractivity contribution in [3.05, 3.63) is 28.8 Å². The number of carbonyl (C=O) groups excluding carboxylic acids is 1. The smallest absolute Gasteiger partial charge is 0.207 e. The Hall–Kier alpha value is -1.26. The molecule has 124 valence electrons. The molecule has 1 N–H and O–H groups in total. The fourth-order valence-electron chi connectivity index (χ4n) is 2.10. The monoisotopic (exact) mass is 327 g/mol. The summed E-state index contributed by atoms with van der Waals surface area (Å²) in [5.41, 5.74) is 1.06. The maximum absolute atomic E-state index is 10.8. The van der Waals surface area contributed by atoms with Crippen molar-refractivity contribution in [2.45, 2.75) is 39.7 Å². The van der Waals surface area contributed by atoms with Gasteiger partial charge in [0.15, 0.2) is 0 Å². The number of hydrogen-bond donors (Lipinski definition) is 1. The van der Waals surface area contributed by atoms with Crippen LogP contribution in [0.2, 0.25) is 5.02 Å². The topological polar surface area (TPSA) is 47.6 Å². The number of hydrogen-bond acceptors (Lipinski definition) is 3. The minimum atomic E-state index is -0.0277. The Bertz CT molecular complexity index is 471. The first-order valence-corrected chi connectivity index (χ1v) is 7.86. The molecule has 0 aliphatic carbocycles. The van der Waals surface area contributed by atoms with Gasteiger partial charge in [0, 0.05) is 26.2 Å². The molecule has 0 aromatic heterocycles. The van der Waals surface area contributed by atoms with Gasteiger partial charge < -0.3 is 14.8 Å². The molecule has 0 fully saturated rings. The van der Waals surface area contributed by atoms with E-state index < -0.39 is 0 Å². The molecule has 0 radical (unpaired) electrons. The quantitative estimate of drug-likeness (QED) is 0.558. The summed E-state index contributed by atoms with van der Waals surface area (Å²) in [6.45, 7) is 7.53. The van der Waals surface area contributed by atoms with Crippen molar-refractivity contribution < 1.29 is 14.3 Å². The van der Waals surface area contributed by atoms with Gasteiger partial charge in [-0.3, -0.25) is 4.79 Å². The molecule has 0 bridgehead atoms. The van der Waals surface area contributed by atoms with Crippen LogP contribution < -0.4 is 10.1 Å². The molecule has 0 aliphatic heterocycles. The van der Waals surface area contributed by atoms with Gasteiger partial charge >= 0.3 is 0 Å². The predicted molar refractivity (Wildman–Crippen MR) is 89.6 cm³/mol. The minimum Gasteiger partial charge on any atom is -0.492 e. The molecule has 1 unspecified atom stereocenters. The minimum absolute atomic E-state index is 0.0277. The number of amides is 1. The Morgan fingerprint density at radius 2 is 2.05 bits per heavy atom. The van der Waals surface area contributed by atoms with E-state index in [0.717, 1.165) is 24.8 Å². The zero-order valence-corrected chi connectivity index (χ0v) is 14.6. The van der Waals surface area contributed by atoms with E-state index in [2.05, 4.69) is 26.1 Å². The van der Waals surface area contributed by atoms with E-state index in [9.17, 15) is 4.79 Å². The molecule has 0 aliphatic rings. The van der Waals surface area contributed by atoms with Crippen LogP contribution in [0.25, 0.3) is 0 Å². The average molecular weight is 328 g/mol. The second kappa shape index (κ2) is 9.01. The van der Waals surface area contributed by atoms with Gasteiger partial charge in [-0.25, -0.2) is 0 Å². The molecular weight excluding hydrogens is 302 g/mol. The highest BCUT2D eigenvalue weighted by atomic mass is 35.5. The van der Waals surface area contributed by atoms with Crippen LogP contribution in [0.1, 0.15) is 32.8 Å². The first-order valence-electron chi connectivity index (χ1n) is 7.48. The first kappa shape index (κ1) is 18.8. The second-order valence-corrected chi connectivity index (χ2v) is 6.77. The van der Waals surface area contributed by atoms with Crippen molar-refractivity contribution in [3.8, 4) is 5.75 Å². The van der Waals surface area contributed by atoms with Gasteiger partial charge in [-0.2, -0.15) is 0 Å². The molecule has 1 aromatic rings. The number of nitrogens with one attached hydrogen (secondary N) is 1. The molecule has 1 amide bonds. The second-order valence-electron chi connectivity index (χ2n) is 6.37. The number of benzene rings is 1. The molecule has 4 nitrogen and oxygen atoms in total. The summed E-state index contributed by atoms with van der Waals surface area (Å²) in [6.07, 6.45) is 2.30. The largest absolute Gasteiger partial charge is 0.492 e. The van der Waals surface area contributed by atoms with Gasteiger partial charge in [0.2, 0.25) is 6.41 Å². The van der Waals surface area contributed by atoms with Crippen LogP contribution in [0.5, 0.6) is 5.75 Å². The Morgan fingerprint density at radius 1 is 1.32 bits per heavy atom. The summed E-state index contributed by atoms with van der Waals surface area (Å²) in [6, 6.07) is 5.80. The third-order valence-electron chi connectivity index (χ3n) is 3.50. The van der Waals surface area contributed by atoms with E-state index in [0.29, 0.717) is 24.0 Å². The van der Waals surface area contributed by atoms with Crippen molar-refractivity contribution in [2.75, 3.05) is 20.3 Å². The van der Waals surface area contributed by atoms with Gasteiger partial charge in [0.05, 0.1) is 11.6 Å². The Kier molecular flexibility index (Phi) is 7.69. The molecule has 5 heteroatoms. The van der Waals surface area contributed by atoms with Crippen LogP contribution in [0, 0.1) is 5.41 Å². The van der Waals surface area contributed by atoms with Gasteiger partial charge in [0.25, 0.3) is 0 Å². The number of halogens is 1. The normalized spacial score (nSPS) is 12.8. The Balaban J connectivity index is 2.76. The van der Waals surface area contributed by atoms with Crippen molar-refractivity contribution in [1.82, 2.24) is 5.32 Å². The molecular formula is C17H26ClNO3. The summed E-state index contributed by atoms with van der Waals surface area (Å²) in [7, 11) is 1.67. The highest BCUT2D eigenvalue weighted by Crippen LogP contribution is 2.28. The number of ether oxygens (including phenoxy) is 2. The fraction of sp³-hybridized carbons (Fsp3) is 0.588. The van der Waals surface area contributed by atoms with E-state index in [1.807, 2.05) is 18.2 Å². The van der Waals surface area contributed by atoms with E-state index in [1.54, 1.807) is 7.11 Å². The molecule has 1 rings (SSSR count). The van der Waals surface area contributed by atoms with Crippen molar-refractivity contribution in [2.24, 2.45) is 5.41 Å². The van der Waals surface area contributed by atoms with Crippen molar-refractivity contribution >= 4 is 18.0 Å². The summed E-state index contributed by atoms with van der Waals surface area (Å²) in [5.74, 6) is 0.675. The third-order valence-corrected chi connectivity index (χ3v) is 3.81. The molecule has 0 heterocycles. The summed E-state index contributed by atoms with van der Waals surface area (Å²) in [5, 5.41) is 3.49. The Morgan fingerprint density at radius 3 is 2.64 bits per heavy atom. The van der Waals surface area contributed by atoms with Gasteiger partial charge in [-0.1, -0.05) is 38.4 Å². The molecule has 1 aromatic carbocycles. The summed E-state index contributed by atoms with van der Waals surface area (Å²) < 4.78 is 10.7. The lowest BCUT2D eigenvalue weighted by molar-refractivity contribution is -0.110. The molecule has 0 saturated heterocycles. The standard InChI is InChI=1S/C17H26ClNO3/c1-17(2,3)16(19-12-20)11-13-6-7-14(18)15(10-13)22-9-5-8-21-4/h6-7,10,12,16H,5,8-9,11H2,1-4H3,(H,19,20). The van der Waals surface area contributed by atoms with Gasteiger partial charge in [-0.15, -0.1) is 0 Å². The highest BCUT2D eigenvalue weighted by molar-refractivity contribution is 6.32. The SMILES string of the molecule is COCCCOc1cc(CC(NC=O)C(C)(C)C)ccc1Cl.